The molecule has 0 saturated heterocycles. The predicted octanol–water partition coefficient (Wildman–Crippen LogP) is 1.20. The second kappa shape index (κ2) is 6.59. The molecule has 1 aromatic heterocycles. The zero-order valence-corrected chi connectivity index (χ0v) is 8.66. The van der Waals surface area contributed by atoms with Crippen LogP contribution in [-0.2, 0) is 9.47 Å². The molecule has 0 fully saturated rings. The van der Waals surface area contributed by atoms with Gasteiger partial charge in [-0.25, -0.2) is 0 Å². The SMILES string of the molecule is CNC(COCCOC)c1ccco1. The highest BCUT2D eigenvalue weighted by Crippen LogP contribution is 2.12. The molecule has 0 spiro atoms. The summed E-state index contributed by atoms with van der Waals surface area (Å²) in [5.74, 6) is 0.893. The first kappa shape index (κ1) is 11.2. The Morgan fingerprint density at radius 3 is 2.93 bits per heavy atom. The van der Waals surface area contributed by atoms with Gasteiger partial charge in [0, 0.05) is 7.11 Å². The molecule has 80 valence electrons. The summed E-state index contributed by atoms with van der Waals surface area (Å²) in [6, 6.07) is 3.91. The van der Waals surface area contributed by atoms with Gasteiger partial charge in [0.15, 0.2) is 0 Å². The Morgan fingerprint density at radius 1 is 1.50 bits per heavy atom. The summed E-state index contributed by atoms with van der Waals surface area (Å²) < 4.78 is 15.6. The van der Waals surface area contributed by atoms with Crippen molar-refractivity contribution in [2.24, 2.45) is 0 Å². The molecule has 0 radical (unpaired) electrons. The quantitative estimate of drug-likeness (QED) is 0.670. The van der Waals surface area contributed by atoms with Crippen LogP contribution in [0.1, 0.15) is 11.8 Å². The lowest BCUT2D eigenvalue weighted by Gasteiger charge is -2.13. The highest BCUT2D eigenvalue weighted by molar-refractivity contribution is 5.03. The topological polar surface area (TPSA) is 43.6 Å². The van der Waals surface area contributed by atoms with E-state index in [-0.39, 0.29) is 6.04 Å². The van der Waals surface area contributed by atoms with Gasteiger partial charge < -0.3 is 19.2 Å². The molecule has 4 heteroatoms. The molecule has 1 heterocycles. The van der Waals surface area contributed by atoms with Crippen molar-refractivity contribution in [1.82, 2.24) is 5.32 Å². The molecule has 1 N–H and O–H groups in total. The Hall–Kier alpha value is -0.840. The average Bonchev–Trinajstić information content (AvgIpc) is 2.71. The fourth-order valence-electron chi connectivity index (χ4n) is 1.14. The van der Waals surface area contributed by atoms with E-state index in [1.807, 2.05) is 19.2 Å². The van der Waals surface area contributed by atoms with E-state index in [0.29, 0.717) is 19.8 Å². The van der Waals surface area contributed by atoms with Gasteiger partial charge in [-0.3, -0.25) is 0 Å². The third-order valence-corrected chi connectivity index (χ3v) is 1.95. The number of nitrogens with one attached hydrogen (secondary N) is 1. The Kier molecular flexibility index (Phi) is 5.29. The highest BCUT2D eigenvalue weighted by Gasteiger charge is 2.11. The van der Waals surface area contributed by atoms with E-state index in [1.165, 1.54) is 0 Å². The van der Waals surface area contributed by atoms with Crippen molar-refractivity contribution in [2.45, 2.75) is 6.04 Å². The van der Waals surface area contributed by atoms with Gasteiger partial charge in [-0.1, -0.05) is 0 Å². The molecule has 1 aromatic rings. The molecule has 0 saturated carbocycles. The predicted molar refractivity (Wildman–Crippen MR) is 53.2 cm³/mol. The zero-order valence-electron chi connectivity index (χ0n) is 8.66. The van der Waals surface area contributed by atoms with Gasteiger partial charge in [-0.2, -0.15) is 0 Å². The lowest BCUT2D eigenvalue weighted by atomic mass is 10.2. The van der Waals surface area contributed by atoms with Crippen LogP contribution in [-0.4, -0.2) is 34.0 Å². The van der Waals surface area contributed by atoms with Crippen molar-refractivity contribution >= 4 is 0 Å². The fraction of sp³-hybridized carbons (Fsp3) is 0.600. The summed E-state index contributed by atoms with van der Waals surface area (Å²) in [6.07, 6.45) is 1.66. The summed E-state index contributed by atoms with van der Waals surface area (Å²) >= 11 is 0. The van der Waals surface area contributed by atoms with E-state index in [9.17, 15) is 0 Å². The Bertz CT molecular complexity index is 223. The summed E-state index contributed by atoms with van der Waals surface area (Å²) in [4.78, 5) is 0. The molecular formula is C10H17NO3. The van der Waals surface area contributed by atoms with Crippen LogP contribution in [0.3, 0.4) is 0 Å². The standard InChI is InChI=1S/C10H17NO3/c1-11-9(8-13-7-6-12-2)10-4-3-5-14-10/h3-5,9,11H,6-8H2,1-2H3. The summed E-state index contributed by atoms with van der Waals surface area (Å²) in [5, 5.41) is 3.12. The molecule has 1 rings (SSSR count). The minimum Gasteiger partial charge on any atom is -0.468 e. The van der Waals surface area contributed by atoms with Crippen molar-refractivity contribution in [3.8, 4) is 0 Å². The first-order chi connectivity index (χ1) is 6.88. The molecule has 0 aromatic carbocycles. The number of hydrogen-bond acceptors (Lipinski definition) is 4. The van der Waals surface area contributed by atoms with E-state index in [0.717, 1.165) is 5.76 Å². The molecule has 0 amide bonds. The second-order valence-corrected chi connectivity index (χ2v) is 2.92. The molecule has 1 unspecified atom stereocenters. The van der Waals surface area contributed by atoms with E-state index < -0.39 is 0 Å². The summed E-state index contributed by atoms with van der Waals surface area (Å²) in [7, 11) is 3.54. The Morgan fingerprint density at radius 2 is 2.36 bits per heavy atom. The average molecular weight is 199 g/mol. The van der Waals surface area contributed by atoms with Crippen LogP contribution in [0, 0.1) is 0 Å². The minimum atomic E-state index is 0.113. The normalized spacial score (nSPS) is 13.0. The minimum absolute atomic E-state index is 0.113. The van der Waals surface area contributed by atoms with Crippen LogP contribution in [0.2, 0.25) is 0 Å². The molecule has 0 aliphatic rings. The van der Waals surface area contributed by atoms with Crippen LogP contribution in [0.15, 0.2) is 22.8 Å². The monoisotopic (exact) mass is 199 g/mol. The maximum Gasteiger partial charge on any atom is 0.123 e. The number of methoxy groups -OCH3 is 1. The van der Waals surface area contributed by atoms with Crippen molar-refractivity contribution in [2.75, 3.05) is 34.0 Å². The number of rotatable bonds is 7. The van der Waals surface area contributed by atoms with E-state index in [1.54, 1.807) is 13.4 Å². The fourth-order valence-corrected chi connectivity index (χ4v) is 1.14. The Labute approximate surface area is 84.2 Å². The van der Waals surface area contributed by atoms with Crippen molar-refractivity contribution < 1.29 is 13.9 Å². The molecule has 0 bridgehead atoms. The first-order valence-corrected chi connectivity index (χ1v) is 4.66. The van der Waals surface area contributed by atoms with E-state index in [2.05, 4.69) is 5.32 Å². The Balaban J connectivity index is 2.26. The van der Waals surface area contributed by atoms with Crippen molar-refractivity contribution in [3.05, 3.63) is 24.2 Å². The first-order valence-electron chi connectivity index (χ1n) is 4.66. The van der Waals surface area contributed by atoms with Crippen LogP contribution in [0.5, 0.6) is 0 Å². The number of likely N-dealkylation sites (N-methyl/N-ethyl adjacent to an activating group) is 1. The molecule has 0 aliphatic carbocycles. The molecule has 14 heavy (non-hydrogen) atoms. The number of hydrogen-bond donors (Lipinski definition) is 1. The van der Waals surface area contributed by atoms with Gasteiger partial charge in [0.2, 0.25) is 0 Å². The second-order valence-electron chi connectivity index (χ2n) is 2.92. The van der Waals surface area contributed by atoms with Crippen molar-refractivity contribution in [1.29, 1.82) is 0 Å². The van der Waals surface area contributed by atoms with Gasteiger partial charge in [-0.05, 0) is 19.2 Å². The smallest absolute Gasteiger partial charge is 0.123 e. The largest absolute Gasteiger partial charge is 0.468 e. The summed E-state index contributed by atoms with van der Waals surface area (Å²) in [5.41, 5.74) is 0. The number of furan rings is 1. The van der Waals surface area contributed by atoms with Crippen LogP contribution in [0.4, 0.5) is 0 Å². The highest BCUT2D eigenvalue weighted by atomic mass is 16.5. The summed E-state index contributed by atoms with van der Waals surface area (Å²) in [6.45, 7) is 1.82. The maximum absolute atomic E-state index is 5.40. The number of ether oxygens (including phenoxy) is 2. The molecular weight excluding hydrogens is 182 g/mol. The van der Waals surface area contributed by atoms with Gasteiger partial charge in [0.05, 0.1) is 32.1 Å². The van der Waals surface area contributed by atoms with Gasteiger partial charge in [-0.15, -0.1) is 0 Å². The molecule has 0 aliphatic heterocycles. The molecule has 1 atom stereocenters. The molecule has 4 nitrogen and oxygen atoms in total. The van der Waals surface area contributed by atoms with Crippen LogP contribution in [0.25, 0.3) is 0 Å². The van der Waals surface area contributed by atoms with Crippen LogP contribution < -0.4 is 5.32 Å². The van der Waals surface area contributed by atoms with Crippen molar-refractivity contribution in [3.63, 3.8) is 0 Å². The van der Waals surface area contributed by atoms with E-state index in [4.69, 9.17) is 13.9 Å². The van der Waals surface area contributed by atoms with Gasteiger partial charge in [0.1, 0.15) is 5.76 Å². The third kappa shape index (κ3) is 3.49. The zero-order chi connectivity index (χ0) is 10.2. The third-order valence-electron chi connectivity index (χ3n) is 1.95. The van der Waals surface area contributed by atoms with Gasteiger partial charge >= 0.3 is 0 Å². The lowest BCUT2D eigenvalue weighted by molar-refractivity contribution is 0.0566. The lowest BCUT2D eigenvalue weighted by Crippen LogP contribution is -2.22. The van der Waals surface area contributed by atoms with Crippen LogP contribution >= 0.6 is 0 Å². The van der Waals surface area contributed by atoms with E-state index >= 15 is 0 Å². The van der Waals surface area contributed by atoms with Gasteiger partial charge in [0.25, 0.3) is 0 Å². The maximum atomic E-state index is 5.40.